The van der Waals surface area contributed by atoms with Gasteiger partial charge in [-0.3, -0.25) is 0 Å². The first kappa shape index (κ1) is 12.1. The lowest BCUT2D eigenvalue weighted by molar-refractivity contribution is 0.466. The maximum Gasteiger partial charge on any atom is 0.121 e. The van der Waals surface area contributed by atoms with Gasteiger partial charge in [-0.15, -0.1) is 11.3 Å². The maximum atomic E-state index is 9.68. The summed E-state index contributed by atoms with van der Waals surface area (Å²) in [5, 5.41) is 15.1. The number of aromatic nitrogens is 1. The fourth-order valence-corrected chi connectivity index (χ4v) is 2.37. The topological polar surface area (TPSA) is 45.2 Å². The molecule has 0 bridgehead atoms. The van der Waals surface area contributed by atoms with E-state index in [1.54, 1.807) is 11.3 Å². The van der Waals surface area contributed by atoms with Crippen LogP contribution in [0.5, 0.6) is 5.75 Å². The number of nitrogens with zero attached hydrogens (tertiary/aromatic N) is 1. The molecule has 0 spiro atoms. The summed E-state index contributed by atoms with van der Waals surface area (Å²) in [5.74, 6) is 0.397. The zero-order valence-electron chi connectivity index (χ0n) is 10.0. The van der Waals surface area contributed by atoms with Gasteiger partial charge in [0.2, 0.25) is 0 Å². The molecule has 0 radical (unpaired) electrons. The third-order valence-corrected chi connectivity index (χ3v) is 3.30. The molecule has 1 heterocycles. The minimum absolute atomic E-state index is 0.397. The average Bonchev–Trinajstić information content (AvgIpc) is 2.79. The standard InChI is InChI=1S/C13H16N2OS/c1-9-3-11(4-10(2)13(9)16)5-14-6-12-7-17-8-15-12/h3-4,7-8,14,16H,5-6H2,1-2H3. The van der Waals surface area contributed by atoms with Gasteiger partial charge in [0.05, 0.1) is 11.2 Å². The number of phenolic OH excluding ortho intramolecular Hbond substituents is 1. The minimum atomic E-state index is 0.397. The van der Waals surface area contributed by atoms with Crippen molar-refractivity contribution in [2.75, 3.05) is 0 Å². The predicted octanol–water partition coefficient (Wildman–Crippen LogP) is 2.76. The van der Waals surface area contributed by atoms with Gasteiger partial charge in [-0.2, -0.15) is 0 Å². The van der Waals surface area contributed by atoms with E-state index in [1.165, 1.54) is 5.56 Å². The summed E-state index contributed by atoms with van der Waals surface area (Å²) in [4.78, 5) is 4.21. The Morgan fingerprint density at radius 1 is 1.24 bits per heavy atom. The average molecular weight is 248 g/mol. The van der Waals surface area contributed by atoms with Gasteiger partial charge in [-0.1, -0.05) is 12.1 Å². The quantitative estimate of drug-likeness (QED) is 0.874. The summed E-state index contributed by atoms with van der Waals surface area (Å²) in [6.07, 6.45) is 0. The highest BCUT2D eigenvalue weighted by Crippen LogP contribution is 2.22. The maximum absolute atomic E-state index is 9.68. The number of thiazole rings is 1. The molecule has 0 unspecified atom stereocenters. The highest BCUT2D eigenvalue weighted by atomic mass is 32.1. The molecule has 0 amide bonds. The Labute approximate surface area is 105 Å². The van der Waals surface area contributed by atoms with Crippen molar-refractivity contribution >= 4 is 11.3 Å². The Kier molecular flexibility index (Phi) is 3.76. The van der Waals surface area contributed by atoms with Gasteiger partial charge in [0.15, 0.2) is 0 Å². The molecule has 0 aliphatic heterocycles. The summed E-state index contributed by atoms with van der Waals surface area (Å²) in [6.45, 7) is 5.42. The minimum Gasteiger partial charge on any atom is -0.507 e. The highest BCUT2D eigenvalue weighted by molar-refractivity contribution is 7.07. The molecule has 0 aliphatic carbocycles. The number of rotatable bonds is 4. The number of hydrogen-bond donors (Lipinski definition) is 2. The van der Waals surface area contributed by atoms with Crippen molar-refractivity contribution in [3.05, 3.63) is 45.4 Å². The van der Waals surface area contributed by atoms with E-state index in [4.69, 9.17) is 0 Å². The largest absolute Gasteiger partial charge is 0.507 e. The highest BCUT2D eigenvalue weighted by Gasteiger charge is 2.03. The SMILES string of the molecule is Cc1cc(CNCc2cscn2)cc(C)c1O. The van der Waals surface area contributed by atoms with E-state index in [1.807, 2.05) is 36.9 Å². The summed E-state index contributed by atoms with van der Waals surface area (Å²) in [7, 11) is 0. The molecule has 3 nitrogen and oxygen atoms in total. The van der Waals surface area contributed by atoms with Crippen LogP contribution in [0.2, 0.25) is 0 Å². The molecule has 1 aromatic heterocycles. The van der Waals surface area contributed by atoms with E-state index in [9.17, 15) is 5.11 Å². The lowest BCUT2D eigenvalue weighted by atomic mass is 10.1. The van der Waals surface area contributed by atoms with Crippen LogP contribution in [-0.4, -0.2) is 10.1 Å². The van der Waals surface area contributed by atoms with Crippen molar-refractivity contribution in [2.24, 2.45) is 0 Å². The van der Waals surface area contributed by atoms with Gasteiger partial charge in [0.25, 0.3) is 0 Å². The molecule has 0 fully saturated rings. The van der Waals surface area contributed by atoms with Gasteiger partial charge in [0, 0.05) is 18.5 Å². The molecule has 0 atom stereocenters. The van der Waals surface area contributed by atoms with Crippen LogP contribution in [0.4, 0.5) is 0 Å². The van der Waals surface area contributed by atoms with Crippen molar-refractivity contribution in [1.29, 1.82) is 0 Å². The molecule has 2 N–H and O–H groups in total. The van der Waals surface area contributed by atoms with E-state index in [-0.39, 0.29) is 0 Å². The summed E-state index contributed by atoms with van der Waals surface area (Å²) < 4.78 is 0. The summed E-state index contributed by atoms with van der Waals surface area (Å²) in [6, 6.07) is 4.02. The lowest BCUT2D eigenvalue weighted by Crippen LogP contribution is -2.13. The molecule has 2 aromatic rings. The Morgan fingerprint density at radius 3 is 2.53 bits per heavy atom. The van der Waals surface area contributed by atoms with Crippen LogP contribution >= 0.6 is 11.3 Å². The fourth-order valence-electron chi connectivity index (χ4n) is 1.81. The van der Waals surface area contributed by atoms with Crippen molar-refractivity contribution in [2.45, 2.75) is 26.9 Å². The second-order valence-corrected chi connectivity index (χ2v) is 4.88. The molecule has 17 heavy (non-hydrogen) atoms. The summed E-state index contributed by atoms with van der Waals surface area (Å²) >= 11 is 1.61. The molecule has 0 saturated carbocycles. The zero-order chi connectivity index (χ0) is 12.3. The lowest BCUT2D eigenvalue weighted by Gasteiger charge is -2.08. The van der Waals surface area contributed by atoms with Crippen LogP contribution < -0.4 is 5.32 Å². The smallest absolute Gasteiger partial charge is 0.121 e. The first-order valence-electron chi connectivity index (χ1n) is 5.53. The van der Waals surface area contributed by atoms with Gasteiger partial charge in [-0.05, 0) is 30.5 Å². The van der Waals surface area contributed by atoms with Crippen LogP contribution in [0.3, 0.4) is 0 Å². The monoisotopic (exact) mass is 248 g/mol. The molecule has 0 aliphatic rings. The Hall–Kier alpha value is -1.39. The second-order valence-electron chi connectivity index (χ2n) is 4.16. The molecular weight excluding hydrogens is 232 g/mol. The zero-order valence-corrected chi connectivity index (χ0v) is 10.8. The van der Waals surface area contributed by atoms with Crippen molar-refractivity contribution in [1.82, 2.24) is 10.3 Å². The van der Waals surface area contributed by atoms with Crippen molar-refractivity contribution in [3.8, 4) is 5.75 Å². The first-order chi connectivity index (χ1) is 8.16. The van der Waals surface area contributed by atoms with Crippen LogP contribution in [-0.2, 0) is 13.1 Å². The van der Waals surface area contributed by atoms with Crippen LogP contribution in [0.25, 0.3) is 0 Å². The van der Waals surface area contributed by atoms with Crippen molar-refractivity contribution < 1.29 is 5.11 Å². The van der Waals surface area contributed by atoms with E-state index < -0.39 is 0 Å². The van der Waals surface area contributed by atoms with Crippen LogP contribution in [0.1, 0.15) is 22.4 Å². The second kappa shape index (κ2) is 5.29. The fraction of sp³-hybridized carbons (Fsp3) is 0.308. The van der Waals surface area contributed by atoms with Gasteiger partial charge < -0.3 is 10.4 Å². The van der Waals surface area contributed by atoms with E-state index in [2.05, 4.69) is 10.3 Å². The molecule has 2 rings (SSSR count). The third kappa shape index (κ3) is 3.05. The number of phenols is 1. The predicted molar refractivity (Wildman–Crippen MR) is 70.2 cm³/mol. The summed E-state index contributed by atoms with van der Waals surface area (Å²) in [5.41, 5.74) is 5.95. The molecule has 1 aromatic carbocycles. The Balaban J connectivity index is 1.95. The Morgan fingerprint density at radius 2 is 1.94 bits per heavy atom. The van der Waals surface area contributed by atoms with E-state index in [0.29, 0.717) is 5.75 Å². The first-order valence-corrected chi connectivity index (χ1v) is 6.48. The molecule has 0 saturated heterocycles. The van der Waals surface area contributed by atoms with Crippen LogP contribution in [0.15, 0.2) is 23.0 Å². The van der Waals surface area contributed by atoms with Gasteiger partial charge in [-0.25, -0.2) is 4.98 Å². The number of aromatic hydroxyl groups is 1. The van der Waals surface area contributed by atoms with Crippen LogP contribution in [0, 0.1) is 13.8 Å². The number of benzene rings is 1. The Bertz CT molecular complexity index is 471. The third-order valence-electron chi connectivity index (χ3n) is 2.67. The number of nitrogens with one attached hydrogen (secondary N) is 1. The molecule has 90 valence electrons. The van der Waals surface area contributed by atoms with Gasteiger partial charge >= 0.3 is 0 Å². The van der Waals surface area contributed by atoms with Crippen molar-refractivity contribution in [3.63, 3.8) is 0 Å². The van der Waals surface area contributed by atoms with Gasteiger partial charge in [0.1, 0.15) is 5.75 Å². The molecule has 4 heteroatoms. The molecular formula is C13H16N2OS. The van der Waals surface area contributed by atoms with E-state index in [0.717, 1.165) is 29.9 Å². The normalized spacial score (nSPS) is 10.7. The number of hydrogen-bond acceptors (Lipinski definition) is 4. The van der Waals surface area contributed by atoms with E-state index >= 15 is 0 Å². The number of aryl methyl sites for hydroxylation is 2.